The van der Waals surface area contributed by atoms with E-state index in [0.717, 1.165) is 48.5 Å². The van der Waals surface area contributed by atoms with E-state index in [2.05, 4.69) is 51.2 Å². The number of carbonyl (C=O) groups excluding carboxylic acids is 4. The normalized spacial score (nSPS) is 18.5. The Labute approximate surface area is 396 Å². The monoisotopic (exact) mass is 923 g/mol. The Balaban J connectivity index is 0.805. The van der Waals surface area contributed by atoms with E-state index in [1.807, 2.05) is 42.9 Å². The largest absolute Gasteiger partial charge is 0.493 e. The van der Waals surface area contributed by atoms with Gasteiger partial charge >= 0.3 is 5.97 Å². The van der Waals surface area contributed by atoms with Gasteiger partial charge in [0, 0.05) is 101 Å². The van der Waals surface area contributed by atoms with Crippen LogP contribution in [0.25, 0.3) is 11.1 Å². The van der Waals surface area contributed by atoms with E-state index in [-0.39, 0.29) is 42.6 Å². The van der Waals surface area contributed by atoms with Crippen molar-refractivity contribution < 1.29 is 42.9 Å². The van der Waals surface area contributed by atoms with Crippen LogP contribution in [0.2, 0.25) is 0 Å². The van der Waals surface area contributed by atoms with Gasteiger partial charge in [-0.2, -0.15) is 0 Å². The van der Waals surface area contributed by atoms with Gasteiger partial charge in [-0.15, -0.1) is 0 Å². The minimum Gasteiger partial charge on any atom is -0.493 e. The fourth-order valence-corrected chi connectivity index (χ4v) is 9.27. The highest BCUT2D eigenvalue weighted by Gasteiger charge is 2.36. The summed E-state index contributed by atoms with van der Waals surface area (Å²) in [5.41, 5.74) is 8.03. The lowest BCUT2D eigenvalue weighted by atomic mass is 10.0. The van der Waals surface area contributed by atoms with Gasteiger partial charge in [-0.3, -0.25) is 24.2 Å². The van der Waals surface area contributed by atoms with Crippen LogP contribution in [0.1, 0.15) is 63.9 Å². The molecular formula is C52H57N7O9. The van der Waals surface area contributed by atoms with Gasteiger partial charge in [0.15, 0.2) is 23.0 Å². The zero-order valence-electron chi connectivity index (χ0n) is 39.2. The number of likely N-dealkylation sites (N-methyl/N-ethyl adjacent to an activating group) is 1. The zero-order valence-corrected chi connectivity index (χ0v) is 39.2. The second-order valence-corrected chi connectivity index (χ2v) is 17.6. The molecule has 1 N–H and O–H groups in total. The molecule has 68 heavy (non-hydrogen) atoms. The summed E-state index contributed by atoms with van der Waals surface area (Å²) in [4.78, 5) is 67.0. The Morgan fingerprint density at radius 2 is 1.43 bits per heavy atom. The Kier molecular flexibility index (Phi) is 13.4. The molecular weight excluding hydrogens is 867 g/mol. The van der Waals surface area contributed by atoms with E-state index in [1.54, 1.807) is 48.2 Å². The number of methoxy groups -OCH3 is 3. The van der Waals surface area contributed by atoms with E-state index in [1.165, 1.54) is 24.8 Å². The summed E-state index contributed by atoms with van der Waals surface area (Å²) < 4.78 is 28.5. The second-order valence-electron chi connectivity index (χ2n) is 17.6. The fourth-order valence-electron chi connectivity index (χ4n) is 9.27. The molecule has 16 heteroatoms. The number of carbonyl (C=O) groups is 4. The van der Waals surface area contributed by atoms with Crippen molar-refractivity contribution in [2.45, 2.75) is 44.2 Å². The van der Waals surface area contributed by atoms with E-state index < -0.39 is 5.97 Å². The molecule has 16 nitrogen and oxygen atoms in total. The predicted molar refractivity (Wildman–Crippen MR) is 261 cm³/mol. The first-order valence-corrected chi connectivity index (χ1v) is 23.0. The van der Waals surface area contributed by atoms with Gasteiger partial charge in [0.2, 0.25) is 5.91 Å². The first-order chi connectivity index (χ1) is 33.0. The molecule has 3 amide bonds. The van der Waals surface area contributed by atoms with Crippen LogP contribution >= 0.6 is 0 Å². The molecule has 0 bridgehead atoms. The molecule has 0 unspecified atom stereocenters. The van der Waals surface area contributed by atoms with Crippen LogP contribution in [0.3, 0.4) is 0 Å². The van der Waals surface area contributed by atoms with Crippen molar-refractivity contribution in [1.82, 2.24) is 14.7 Å². The Bertz CT molecular complexity index is 2690. The number of aliphatic imine (C=N–C) groups is 1. The summed E-state index contributed by atoms with van der Waals surface area (Å²) in [6, 6.07) is 22.9. The summed E-state index contributed by atoms with van der Waals surface area (Å²) in [7, 11) is 8.22. The number of nitrogens with one attached hydrogen (secondary N) is 1. The van der Waals surface area contributed by atoms with Gasteiger partial charge < -0.3 is 53.5 Å². The van der Waals surface area contributed by atoms with Crippen LogP contribution < -0.4 is 34.1 Å². The lowest BCUT2D eigenvalue weighted by Crippen LogP contribution is -2.44. The smallest absolute Gasteiger partial charge is 0.306 e. The Morgan fingerprint density at radius 1 is 0.750 bits per heavy atom. The molecule has 1 saturated heterocycles. The van der Waals surface area contributed by atoms with Crippen LogP contribution in [0, 0.1) is 0 Å². The standard InChI is InChI=1S/C52H57N7O9/c1-55-16-18-57(19-17-55)37-12-10-33(11-13-37)35-23-39-29-53-43-27-47(45(64-3)25-41(43)51(62)58(39)31-35)67-20-7-21-68-48-28-44-42(26-46(48)65-4)52(63)59-32-36(24-40(59)30-54-44)34-8-6-9-38(22-34)56(2)49(60)14-15-50(61)66-5/h6,8-13,22,25-29,31-32,39-40,54H,7,14-21,23-24,30H2,1-5H3/t39-,40-/m0/s1. The van der Waals surface area contributed by atoms with Gasteiger partial charge in [-0.1, -0.05) is 24.3 Å². The van der Waals surface area contributed by atoms with Crippen molar-refractivity contribution >= 4 is 63.8 Å². The molecule has 5 aliphatic rings. The Hall–Kier alpha value is -7.33. The third-order valence-corrected chi connectivity index (χ3v) is 13.3. The number of hydrogen-bond donors (Lipinski definition) is 1. The lowest BCUT2D eigenvalue weighted by molar-refractivity contribution is -0.141. The van der Waals surface area contributed by atoms with Crippen molar-refractivity contribution in [1.29, 1.82) is 0 Å². The number of ether oxygens (including phenoxy) is 5. The van der Waals surface area contributed by atoms with Crippen molar-refractivity contribution in [2.24, 2.45) is 4.99 Å². The topological polar surface area (TPSA) is 155 Å². The highest BCUT2D eigenvalue weighted by atomic mass is 16.5. The first-order valence-electron chi connectivity index (χ1n) is 23.0. The molecule has 0 aromatic heterocycles. The molecule has 4 aromatic carbocycles. The SMILES string of the molecule is COC(=O)CCC(=O)N(C)c1cccc(C2=CN3C(=O)c4cc(OC)c(OCCCOc5cc6c(cc5OC)C(=O)N5C=C(c7ccc(N8CCN(C)CC8)cc7)C[C@H]5C=N6)cc4NC[C@@H]3C2)c1. The molecule has 354 valence electrons. The average Bonchev–Trinajstić information content (AvgIpc) is 3.95. The third-order valence-electron chi connectivity index (χ3n) is 13.3. The maximum Gasteiger partial charge on any atom is 0.306 e. The number of esters is 1. The number of nitrogens with zero attached hydrogens (tertiary/aromatic N) is 6. The minimum atomic E-state index is -0.435. The van der Waals surface area contributed by atoms with Gasteiger partial charge in [0.1, 0.15) is 0 Å². The number of amides is 3. The fraction of sp³-hybridized carbons (Fsp3) is 0.365. The van der Waals surface area contributed by atoms with Crippen LogP contribution in [0.15, 0.2) is 90.2 Å². The molecule has 0 aliphatic carbocycles. The quantitative estimate of drug-likeness (QED) is 0.0978. The van der Waals surface area contributed by atoms with Crippen LogP contribution in [0.4, 0.5) is 22.7 Å². The van der Waals surface area contributed by atoms with E-state index in [0.29, 0.717) is 90.2 Å². The molecule has 1 fully saturated rings. The minimum absolute atomic E-state index is 0.00797. The number of piperazine rings is 1. The summed E-state index contributed by atoms with van der Waals surface area (Å²) in [5.74, 6) is 0.867. The van der Waals surface area contributed by atoms with Gasteiger partial charge in [-0.05, 0) is 72.1 Å². The van der Waals surface area contributed by atoms with Crippen LogP contribution in [-0.2, 0) is 14.3 Å². The first kappa shape index (κ1) is 45.8. The number of fused-ring (bicyclic) bond motifs is 4. The predicted octanol–water partition coefficient (Wildman–Crippen LogP) is 6.87. The number of hydrogen-bond acceptors (Lipinski definition) is 13. The van der Waals surface area contributed by atoms with Gasteiger partial charge in [0.05, 0.1) is 75.5 Å². The van der Waals surface area contributed by atoms with Crippen molar-refractivity contribution in [3.05, 3.63) is 107 Å². The molecule has 2 atom stereocenters. The molecule has 4 aromatic rings. The highest BCUT2D eigenvalue weighted by Crippen LogP contribution is 2.42. The van der Waals surface area contributed by atoms with Gasteiger partial charge in [-0.25, -0.2) is 0 Å². The van der Waals surface area contributed by atoms with Gasteiger partial charge in [0.25, 0.3) is 11.8 Å². The zero-order chi connectivity index (χ0) is 47.5. The molecule has 9 rings (SSSR count). The summed E-state index contributed by atoms with van der Waals surface area (Å²) >= 11 is 0. The summed E-state index contributed by atoms with van der Waals surface area (Å²) in [6.45, 7) is 5.21. The number of rotatable bonds is 15. The maximum atomic E-state index is 14.1. The van der Waals surface area contributed by atoms with E-state index >= 15 is 0 Å². The number of anilines is 3. The molecule has 5 heterocycles. The van der Waals surface area contributed by atoms with Crippen molar-refractivity contribution in [2.75, 3.05) is 96.5 Å². The molecule has 5 aliphatic heterocycles. The van der Waals surface area contributed by atoms with E-state index in [4.69, 9.17) is 23.9 Å². The molecule has 0 spiro atoms. The van der Waals surface area contributed by atoms with Crippen LogP contribution in [0.5, 0.6) is 23.0 Å². The average molecular weight is 924 g/mol. The summed E-state index contributed by atoms with van der Waals surface area (Å²) in [6.07, 6.45) is 7.51. The third kappa shape index (κ3) is 9.45. The van der Waals surface area contributed by atoms with Crippen molar-refractivity contribution in [3.63, 3.8) is 0 Å². The van der Waals surface area contributed by atoms with Crippen molar-refractivity contribution in [3.8, 4) is 23.0 Å². The Morgan fingerprint density at radius 3 is 2.15 bits per heavy atom. The maximum absolute atomic E-state index is 14.1. The summed E-state index contributed by atoms with van der Waals surface area (Å²) in [5, 5.41) is 3.46. The van der Waals surface area contributed by atoms with Crippen LogP contribution in [-0.4, -0.2) is 138 Å². The second kappa shape index (κ2) is 19.9. The molecule has 0 radical (unpaired) electrons. The molecule has 0 saturated carbocycles. The number of benzene rings is 4. The highest BCUT2D eigenvalue weighted by molar-refractivity contribution is 6.06. The van der Waals surface area contributed by atoms with E-state index in [9.17, 15) is 19.2 Å². The lowest BCUT2D eigenvalue weighted by Gasteiger charge is -2.34.